The maximum atomic E-state index is 12.4. The van der Waals surface area contributed by atoms with Gasteiger partial charge in [0.15, 0.2) is 0 Å². The van der Waals surface area contributed by atoms with Gasteiger partial charge in [0.25, 0.3) is 0 Å². The van der Waals surface area contributed by atoms with E-state index in [0.717, 1.165) is 28.0 Å². The number of Topliss-reactive ketones (excluding diaryl/α,β-unsaturated/α-hetero) is 1. The van der Waals surface area contributed by atoms with E-state index in [9.17, 15) is 22.8 Å². The number of amides is 2. The normalized spacial score (nSPS) is 22.5. The topological polar surface area (TPSA) is 73.8 Å². The van der Waals surface area contributed by atoms with Crippen LogP contribution in [0.15, 0.2) is 84.2 Å². The predicted molar refractivity (Wildman–Crippen MR) is 140 cm³/mol. The summed E-state index contributed by atoms with van der Waals surface area (Å²) in [5, 5.41) is 4.44. The van der Waals surface area contributed by atoms with Gasteiger partial charge in [-0.3, -0.25) is 9.79 Å². The number of rotatable bonds is 8. The molecule has 2 aliphatic rings. The van der Waals surface area contributed by atoms with Gasteiger partial charge < -0.3 is 15.5 Å². The molecule has 196 valence electrons. The van der Waals surface area contributed by atoms with Crippen LogP contribution in [0.1, 0.15) is 43.7 Å². The van der Waals surface area contributed by atoms with Gasteiger partial charge in [0.1, 0.15) is 18.5 Å². The fourth-order valence-corrected chi connectivity index (χ4v) is 4.16. The van der Waals surface area contributed by atoms with Crippen LogP contribution < -0.4 is 10.6 Å². The molecule has 1 aliphatic carbocycles. The summed E-state index contributed by atoms with van der Waals surface area (Å²) >= 11 is 0. The molecular formula is C28H31F3N4O2. The van der Waals surface area contributed by atoms with Crippen molar-refractivity contribution in [2.24, 2.45) is 4.99 Å². The smallest absolute Gasteiger partial charge is 0.335 e. The zero-order valence-corrected chi connectivity index (χ0v) is 20.9. The number of aliphatic imine (C=N–C) groups is 1. The molecule has 0 radical (unpaired) electrons. The van der Waals surface area contributed by atoms with Gasteiger partial charge in [0, 0.05) is 18.2 Å². The molecule has 0 aromatic heterocycles. The Kier molecular flexibility index (Phi) is 8.91. The summed E-state index contributed by atoms with van der Waals surface area (Å²) in [5.74, 6) is -0.0708. The molecule has 3 atom stereocenters. The molecule has 3 rings (SSSR count). The van der Waals surface area contributed by atoms with Crippen LogP contribution in [-0.4, -0.2) is 47.9 Å². The number of allylic oxidation sites excluding steroid dienone is 4. The van der Waals surface area contributed by atoms with Crippen molar-refractivity contribution in [1.82, 2.24) is 15.5 Å². The molecular weight excluding hydrogens is 481 g/mol. The first-order valence-corrected chi connectivity index (χ1v) is 11.9. The fraction of sp³-hybridized carbons (Fsp3) is 0.321. The number of halogens is 3. The number of hydrogen-bond acceptors (Lipinski definition) is 4. The number of carbonyl (C=O) groups is 2. The number of urea groups is 1. The lowest BCUT2D eigenvalue weighted by atomic mass is 9.94. The third kappa shape index (κ3) is 7.31. The number of hydrogen-bond donors (Lipinski definition) is 2. The van der Waals surface area contributed by atoms with E-state index in [-0.39, 0.29) is 23.9 Å². The summed E-state index contributed by atoms with van der Waals surface area (Å²) in [7, 11) is 0. The lowest BCUT2D eigenvalue weighted by Gasteiger charge is -2.26. The predicted octanol–water partition coefficient (Wildman–Crippen LogP) is 5.64. The summed E-state index contributed by atoms with van der Waals surface area (Å²) < 4.78 is 37.1. The molecule has 3 unspecified atom stereocenters. The van der Waals surface area contributed by atoms with E-state index in [2.05, 4.69) is 23.5 Å². The summed E-state index contributed by atoms with van der Waals surface area (Å²) in [6, 6.07) is 6.55. The van der Waals surface area contributed by atoms with Crippen LogP contribution in [0.2, 0.25) is 0 Å². The quantitative estimate of drug-likeness (QED) is 0.443. The fourth-order valence-electron chi connectivity index (χ4n) is 4.16. The molecule has 0 spiro atoms. The molecule has 0 saturated heterocycles. The molecule has 2 N–H and O–H groups in total. The van der Waals surface area contributed by atoms with Crippen molar-refractivity contribution in [2.75, 3.05) is 6.54 Å². The minimum absolute atomic E-state index is 0.103. The van der Waals surface area contributed by atoms with Crippen LogP contribution in [0.25, 0.3) is 5.57 Å². The molecule has 1 aromatic rings. The van der Waals surface area contributed by atoms with Crippen LogP contribution in [0.3, 0.4) is 0 Å². The maximum absolute atomic E-state index is 12.4. The van der Waals surface area contributed by atoms with Gasteiger partial charge in [-0.1, -0.05) is 62.6 Å². The second-order valence-corrected chi connectivity index (χ2v) is 8.95. The number of benzene rings is 1. The van der Waals surface area contributed by atoms with Gasteiger partial charge in [0.05, 0.1) is 5.70 Å². The van der Waals surface area contributed by atoms with E-state index in [1.165, 1.54) is 0 Å². The molecule has 1 heterocycles. The molecule has 1 aliphatic heterocycles. The Morgan fingerprint density at radius 2 is 1.95 bits per heavy atom. The Balaban J connectivity index is 1.74. The van der Waals surface area contributed by atoms with Gasteiger partial charge in [0.2, 0.25) is 0 Å². The van der Waals surface area contributed by atoms with Gasteiger partial charge in [-0.15, -0.1) is 0 Å². The van der Waals surface area contributed by atoms with E-state index in [1.807, 2.05) is 59.6 Å². The highest BCUT2D eigenvalue weighted by Gasteiger charge is 2.29. The molecule has 6 nitrogen and oxygen atoms in total. The highest BCUT2D eigenvalue weighted by atomic mass is 19.4. The van der Waals surface area contributed by atoms with Crippen molar-refractivity contribution in [2.45, 2.75) is 51.0 Å². The van der Waals surface area contributed by atoms with Crippen molar-refractivity contribution in [3.63, 3.8) is 0 Å². The minimum Gasteiger partial charge on any atom is -0.335 e. The van der Waals surface area contributed by atoms with Crippen LogP contribution >= 0.6 is 0 Å². The SMILES string of the molecule is C=CC(=CC1N=C/C(=C2/C=CCC(NC(=O)NCC(F)(F)F)C2)N1C=C)c1ccc(C(C)C(C)=O)cc1. The maximum Gasteiger partial charge on any atom is 0.405 e. The first kappa shape index (κ1) is 27.7. The second kappa shape index (κ2) is 11.9. The average Bonchev–Trinajstić information content (AvgIpc) is 3.28. The summed E-state index contributed by atoms with van der Waals surface area (Å²) in [6.45, 7) is 9.92. The number of ketones is 1. The van der Waals surface area contributed by atoms with Gasteiger partial charge in [-0.25, -0.2) is 4.79 Å². The van der Waals surface area contributed by atoms with Crippen LogP contribution in [0.4, 0.5) is 18.0 Å². The Morgan fingerprint density at radius 1 is 1.24 bits per heavy atom. The Morgan fingerprint density at radius 3 is 2.54 bits per heavy atom. The Labute approximate surface area is 215 Å². The standard InChI is InChI=1S/C28H31F3N4O2/c1-5-20(22-12-10-21(11-13-22)18(3)19(4)36)15-26-32-16-25(35(26)6-2)23-8-7-9-24(14-23)34-27(37)33-17-28(29,30)31/h5-8,10-13,15-16,18,24,26H,1-2,9,14,17H2,3-4H3,(H2,33,34,37)/b20-15?,25-23+. The van der Waals surface area contributed by atoms with Crippen LogP contribution in [0, 0.1) is 0 Å². The Hall–Kier alpha value is -3.88. The highest BCUT2D eigenvalue weighted by Crippen LogP contribution is 2.29. The number of alkyl halides is 3. The number of carbonyl (C=O) groups excluding carboxylic acids is 2. The number of nitrogens with zero attached hydrogens (tertiary/aromatic N) is 2. The zero-order chi connectivity index (χ0) is 27.2. The van der Waals surface area contributed by atoms with Crippen molar-refractivity contribution in [3.05, 3.63) is 90.3 Å². The summed E-state index contributed by atoms with van der Waals surface area (Å²) in [4.78, 5) is 30.1. The first-order chi connectivity index (χ1) is 17.5. The minimum atomic E-state index is -4.47. The average molecular weight is 513 g/mol. The van der Waals surface area contributed by atoms with E-state index >= 15 is 0 Å². The summed E-state index contributed by atoms with van der Waals surface area (Å²) in [6.07, 6.45) is 6.98. The van der Waals surface area contributed by atoms with Crippen LogP contribution in [0.5, 0.6) is 0 Å². The lowest BCUT2D eigenvalue weighted by molar-refractivity contribution is -0.122. The van der Waals surface area contributed by atoms with Gasteiger partial charge in [-0.05, 0) is 54.3 Å². The zero-order valence-electron chi connectivity index (χ0n) is 20.9. The van der Waals surface area contributed by atoms with E-state index < -0.39 is 18.8 Å². The van der Waals surface area contributed by atoms with Crippen molar-refractivity contribution in [1.29, 1.82) is 0 Å². The first-order valence-electron chi connectivity index (χ1n) is 11.9. The molecule has 0 saturated carbocycles. The molecule has 0 bridgehead atoms. The highest BCUT2D eigenvalue weighted by molar-refractivity contribution is 5.85. The van der Waals surface area contributed by atoms with E-state index in [4.69, 9.17) is 0 Å². The third-order valence-corrected chi connectivity index (χ3v) is 6.33. The molecule has 0 fully saturated rings. The lowest BCUT2D eigenvalue weighted by Crippen LogP contribution is -2.45. The van der Waals surface area contributed by atoms with Crippen molar-refractivity contribution in [3.8, 4) is 0 Å². The van der Waals surface area contributed by atoms with Crippen LogP contribution in [-0.2, 0) is 4.79 Å². The second-order valence-electron chi connectivity index (χ2n) is 8.95. The van der Waals surface area contributed by atoms with Gasteiger partial charge >= 0.3 is 12.2 Å². The molecule has 2 amide bonds. The molecule has 9 heteroatoms. The third-order valence-electron chi connectivity index (χ3n) is 6.33. The Bertz CT molecular complexity index is 1160. The van der Waals surface area contributed by atoms with Gasteiger partial charge in [-0.2, -0.15) is 13.2 Å². The molecule has 1 aromatic carbocycles. The van der Waals surface area contributed by atoms with E-state index in [1.54, 1.807) is 25.4 Å². The molecule has 37 heavy (non-hydrogen) atoms. The summed E-state index contributed by atoms with van der Waals surface area (Å²) in [5.41, 5.74) is 4.42. The largest absolute Gasteiger partial charge is 0.405 e. The number of nitrogens with one attached hydrogen (secondary N) is 2. The van der Waals surface area contributed by atoms with Crippen molar-refractivity contribution < 1.29 is 22.8 Å². The van der Waals surface area contributed by atoms with Crippen molar-refractivity contribution >= 4 is 23.6 Å². The van der Waals surface area contributed by atoms with E-state index in [0.29, 0.717) is 12.8 Å². The monoisotopic (exact) mass is 512 g/mol.